The number of pyridine rings is 1. The van der Waals surface area contributed by atoms with Gasteiger partial charge in [-0.3, -0.25) is 24.7 Å². The van der Waals surface area contributed by atoms with Gasteiger partial charge in [-0.1, -0.05) is 44.2 Å². The molecule has 77 heavy (non-hydrogen) atoms. The van der Waals surface area contributed by atoms with Crippen LogP contribution in [0.2, 0.25) is 0 Å². The van der Waals surface area contributed by atoms with E-state index in [0.29, 0.717) is 37.0 Å². The summed E-state index contributed by atoms with van der Waals surface area (Å²) >= 11 is 0. The van der Waals surface area contributed by atoms with Crippen LogP contribution in [0.25, 0.3) is 11.0 Å². The first kappa shape index (κ1) is 53.6. The van der Waals surface area contributed by atoms with Crippen molar-refractivity contribution < 1.29 is 41.8 Å². The predicted molar refractivity (Wildman–Crippen MR) is 293 cm³/mol. The summed E-state index contributed by atoms with van der Waals surface area (Å²) in [7, 11) is -2.97. The molecule has 4 fully saturated rings. The highest BCUT2D eigenvalue weighted by molar-refractivity contribution is 7.90. The molecule has 19 heteroatoms. The Morgan fingerprint density at radius 1 is 0.974 bits per heavy atom. The number of nitrogens with one attached hydrogen (secondary N) is 3. The van der Waals surface area contributed by atoms with Crippen LogP contribution in [0.1, 0.15) is 112 Å². The van der Waals surface area contributed by atoms with Crippen LogP contribution in [-0.2, 0) is 16.6 Å². The highest BCUT2D eigenvalue weighted by Gasteiger charge is 2.55. The number of nitrogens with zero attached hydrogens (tertiary/aromatic N) is 5. The first-order valence-electron chi connectivity index (χ1n) is 26.7. The van der Waals surface area contributed by atoms with Gasteiger partial charge < -0.3 is 34.5 Å². The smallest absolute Gasteiger partial charge is 0.293 e. The van der Waals surface area contributed by atoms with Crippen LogP contribution in [0.3, 0.4) is 0 Å². The first-order valence-corrected chi connectivity index (χ1v) is 28.2. The number of hydrogen-bond donors (Lipinski definition) is 4. The Balaban J connectivity index is 0.844. The van der Waals surface area contributed by atoms with Crippen LogP contribution < -0.4 is 29.1 Å². The SMILES string of the molecule is COc1cc(CN2CCN(C3CC4(C3)CN(c3ccc(C(=O)NS(=O)(=O)c5ccc(NCC6CCC(C)(O)CC6)c([N+](=O)[O-])c5)c(Oc5cnc6[nH]cc(F)c6c5)c3)C4)[C@H](c3ccccc3C(C)C)C2)ccc1OC(C)C. The van der Waals surface area contributed by atoms with Crippen LogP contribution in [0.4, 0.5) is 21.5 Å². The van der Waals surface area contributed by atoms with Gasteiger partial charge in [0.05, 0.1) is 45.8 Å². The van der Waals surface area contributed by atoms with Gasteiger partial charge in [-0.15, -0.1) is 0 Å². The molecule has 2 aromatic heterocycles. The fraction of sp³-hybridized carbons (Fsp3) is 0.448. The molecule has 2 aliphatic heterocycles. The number of nitro groups is 1. The number of H-pyrrole nitrogens is 1. The normalized spacial score (nSPS) is 21.0. The third-order valence-electron chi connectivity index (χ3n) is 16.1. The number of benzene rings is 4. The number of hydrogen-bond acceptors (Lipinski definition) is 14. The lowest BCUT2D eigenvalue weighted by molar-refractivity contribution is -0.384. The van der Waals surface area contributed by atoms with Crippen LogP contribution in [0.5, 0.6) is 23.0 Å². The molecule has 0 bridgehead atoms. The lowest BCUT2D eigenvalue weighted by atomic mass is 9.59. The standard InChI is InChI=1S/C58H69FN8O9S/c1-36(2)44-9-7-8-10-45(44)51-33-64(32-39-11-16-52(75-37(3)4)54(23-39)74-6)21-22-66(51)41-27-58(28-41)34-65(35-58)40-12-14-46(53(24-40)76-42-25-47-48(59)31-62-55(47)61-30-42)56(68)63-77(72,73)43-13-15-49(50(26-43)67(70)71)60-29-38-17-19-57(5,69)20-18-38/h7-16,23-26,30-31,36-38,41,51,60,69H,17-22,27-29,32-35H2,1-6H3,(H,61,62)(H,63,68)/t38?,51-,57?/m0/s1. The molecular weight excluding hydrogens is 1000 g/mol. The van der Waals surface area contributed by atoms with E-state index in [1.165, 1.54) is 53.3 Å². The van der Waals surface area contributed by atoms with E-state index in [2.05, 4.69) is 85.0 Å². The van der Waals surface area contributed by atoms with Crippen molar-refractivity contribution in [3.8, 4) is 23.0 Å². The van der Waals surface area contributed by atoms with Crippen molar-refractivity contribution in [3.05, 3.63) is 136 Å². The number of halogens is 1. The maximum Gasteiger partial charge on any atom is 0.293 e. The number of fused-ring (bicyclic) bond motifs is 1. The van der Waals surface area contributed by atoms with Gasteiger partial charge in [-0.2, -0.15) is 0 Å². The van der Waals surface area contributed by atoms with Gasteiger partial charge in [0.1, 0.15) is 28.7 Å². The van der Waals surface area contributed by atoms with Gasteiger partial charge in [0.25, 0.3) is 21.6 Å². The molecule has 0 unspecified atom stereocenters. The van der Waals surface area contributed by atoms with Crippen LogP contribution in [0, 0.1) is 27.3 Å². The minimum atomic E-state index is -4.65. The average Bonchev–Trinajstić information content (AvgIpc) is 3.76. The van der Waals surface area contributed by atoms with E-state index in [9.17, 15) is 32.8 Å². The number of amides is 1. The molecule has 2 aliphatic carbocycles. The molecule has 1 amide bonds. The molecule has 6 aromatic rings. The monoisotopic (exact) mass is 1070 g/mol. The maximum absolute atomic E-state index is 14.7. The minimum absolute atomic E-state index is 0.0114. The fourth-order valence-electron chi connectivity index (χ4n) is 11.9. The average molecular weight is 1070 g/mol. The summed E-state index contributed by atoms with van der Waals surface area (Å²) in [5, 5.41) is 25.9. The Morgan fingerprint density at radius 2 is 1.74 bits per heavy atom. The van der Waals surface area contributed by atoms with Crippen molar-refractivity contribution >= 4 is 44.0 Å². The topological polar surface area (TPSA) is 205 Å². The molecular formula is C58H69FN8O9S. The quantitative estimate of drug-likeness (QED) is 0.0467. The maximum atomic E-state index is 14.7. The third kappa shape index (κ3) is 11.6. The summed E-state index contributed by atoms with van der Waals surface area (Å²) in [5.41, 5.74) is 3.85. The van der Waals surface area contributed by atoms with E-state index in [1.54, 1.807) is 26.2 Å². The number of piperazine rings is 1. The molecule has 1 spiro atoms. The number of aliphatic hydroxyl groups is 1. The number of anilines is 2. The second kappa shape index (κ2) is 21.6. The number of ether oxygens (including phenoxy) is 3. The van der Waals surface area contributed by atoms with E-state index in [0.717, 1.165) is 88.2 Å². The summed E-state index contributed by atoms with van der Waals surface area (Å²) in [4.78, 5) is 39.7. The van der Waals surface area contributed by atoms with Crippen molar-refractivity contribution in [2.75, 3.05) is 56.6 Å². The molecule has 10 rings (SSSR count). The van der Waals surface area contributed by atoms with Gasteiger partial charge in [-0.05, 0) is 130 Å². The summed E-state index contributed by atoms with van der Waals surface area (Å²) in [5.74, 6) is 0.563. The minimum Gasteiger partial charge on any atom is -0.493 e. The number of rotatable bonds is 18. The van der Waals surface area contributed by atoms with Crippen molar-refractivity contribution in [1.82, 2.24) is 24.5 Å². The molecule has 0 radical (unpaired) electrons. The molecule has 408 valence electrons. The molecule has 4 aliphatic rings. The Bertz CT molecular complexity index is 3270. The van der Waals surface area contributed by atoms with E-state index < -0.39 is 42.9 Å². The zero-order valence-electron chi connectivity index (χ0n) is 44.6. The van der Waals surface area contributed by atoms with Crippen molar-refractivity contribution in [3.63, 3.8) is 0 Å². The van der Waals surface area contributed by atoms with Gasteiger partial charge in [0.15, 0.2) is 11.5 Å². The van der Waals surface area contributed by atoms with Crippen LogP contribution in [-0.4, -0.2) is 108 Å². The van der Waals surface area contributed by atoms with E-state index in [1.807, 2.05) is 19.9 Å². The molecule has 4 N–H and O–H groups in total. The zero-order chi connectivity index (χ0) is 54.4. The lowest BCUT2D eigenvalue weighted by Gasteiger charge is -2.63. The second-order valence-corrected chi connectivity index (χ2v) is 24.2. The number of carbonyl (C=O) groups excluding carboxylic acids is 1. The summed E-state index contributed by atoms with van der Waals surface area (Å²) in [6.07, 6.45) is 7.35. The Kier molecular flexibility index (Phi) is 15.0. The molecule has 4 heterocycles. The number of aromatic nitrogens is 2. The third-order valence-corrected chi connectivity index (χ3v) is 17.4. The summed E-state index contributed by atoms with van der Waals surface area (Å²) in [6.45, 7) is 15.8. The number of sulfonamides is 1. The number of methoxy groups -OCH3 is 1. The molecule has 1 atom stereocenters. The van der Waals surface area contributed by atoms with Gasteiger partial charge >= 0.3 is 0 Å². The van der Waals surface area contributed by atoms with Crippen LogP contribution in [0.15, 0.2) is 102 Å². The largest absolute Gasteiger partial charge is 0.493 e. The summed E-state index contributed by atoms with van der Waals surface area (Å²) in [6, 6.07) is 25.5. The fourth-order valence-corrected chi connectivity index (χ4v) is 12.9. The van der Waals surface area contributed by atoms with Crippen molar-refractivity contribution in [1.29, 1.82) is 0 Å². The lowest BCUT2D eigenvalue weighted by Crippen LogP contribution is -2.68. The second-order valence-electron chi connectivity index (χ2n) is 22.5. The number of aromatic amines is 1. The highest BCUT2D eigenvalue weighted by atomic mass is 32.2. The zero-order valence-corrected chi connectivity index (χ0v) is 45.4. The van der Waals surface area contributed by atoms with E-state index in [4.69, 9.17) is 14.2 Å². The van der Waals surface area contributed by atoms with E-state index in [-0.39, 0.29) is 51.6 Å². The number of nitro benzene ring substituents is 1. The molecule has 2 saturated heterocycles. The molecule has 4 aromatic carbocycles. The molecule has 2 saturated carbocycles. The Labute approximate surface area is 449 Å². The summed E-state index contributed by atoms with van der Waals surface area (Å²) < 4.78 is 62.6. The van der Waals surface area contributed by atoms with Gasteiger partial charge in [0, 0.05) is 87.3 Å². The Hall–Kier alpha value is -6.80. The van der Waals surface area contributed by atoms with Crippen LogP contribution >= 0.6 is 0 Å². The van der Waals surface area contributed by atoms with Gasteiger partial charge in [0.2, 0.25) is 0 Å². The van der Waals surface area contributed by atoms with Gasteiger partial charge in [-0.25, -0.2) is 22.5 Å². The predicted octanol–water partition coefficient (Wildman–Crippen LogP) is 10.3. The first-order chi connectivity index (χ1) is 36.8. The number of carbonyl (C=O) groups is 1. The molecule has 17 nitrogen and oxygen atoms in total. The highest BCUT2D eigenvalue weighted by Crippen LogP contribution is 2.54. The van der Waals surface area contributed by atoms with Crippen molar-refractivity contribution in [2.45, 2.75) is 114 Å². The van der Waals surface area contributed by atoms with Crippen molar-refractivity contribution in [2.24, 2.45) is 11.3 Å². The van der Waals surface area contributed by atoms with E-state index >= 15 is 0 Å². The Morgan fingerprint density at radius 3 is 2.47 bits per heavy atom.